The molecule has 4 N–H and O–H groups in total. The number of aryl methyl sites for hydroxylation is 1. The number of aliphatic carboxylic acids is 1. The van der Waals surface area contributed by atoms with Gasteiger partial charge in [0.2, 0.25) is 17.7 Å². The van der Waals surface area contributed by atoms with Crippen molar-refractivity contribution < 1.29 is 29.4 Å². The molecular weight excluding hydrogens is 508 g/mol. The SMILES string of the molecule is Cc1ncsc1-c1ccc(CNC(=O)[C@@H]2C[C@@H](O)CN2C(=O)[C@@H](NC(=O)C2CC2C(=O)O)C(C)(C)C)cc1. The van der Waals surface area contributed by atoms with Crippen molar-refractivity contribution in [2.45, 2.75) is 65.3 Å². The molecule has 5 atom stereocenters. The number of β-amino-alcohol motifs (C(OH)–C–C–N with tert-alkyl or cyclic N) is 1. The molecule has 2 fully saturated rings. The summed E-state index contributed by atoms with van der Waals surface area (Å²) in [5, 5.41) is 25.1. The second-order valence-electron chi connectivity index (χ2n) is 11.2. The lowest BCUT2D eigenvalue weighted by Crippen LogP contribution is -2.58. The summed E-state index contributed by atoms with van der Waals surface area (Å²) in [4.78, 5) is 57.3. The summed E-state index contributed by atoms with van der Waals surface area (Å²) < 4.78 is 0. The molecule has 1 aliphatic heterocycles. The Bertz CT molecular complexity index is 1220. The van der Waals surface area contributed by atoms with Gasteiger partial charge in [0.15, 0.2) is 0 Å². The van der Waals surface area contributed by atoms with Crippen LogP contribution in [-0.4, -0.2) is 68.5 Å². The molecule has 1 aromatic carbocycles. The van der Waals surface area contributed by atoms with Gasteiger partial charge in [-0.15, -0.1) is 11.3 Å². The predicted octanol–water partition coefficient (Wildman–Crippen LogP) is 1.95. The van der Waals surface area contributed by atoms with Crippen molar-refractivity contribution in [3.05, 3.63) is 41.0 Å². The Morgan fingerprint density at radius 1 is 1.11 bits per heavy atom. The molecule has 1 aliphatic carbocycles. The molecule has 1 saturated carbocycles. The van der Waals surface area contributed by atoms with Gasteiger partial charge >= 0.3 is 5.97 Å². The van der Waals surface area contributed by atoms with E-state index in [0.29, 0.717) is 0 Å². The van der Waals surface area contributed by atoms with E-state index in [1.54, 1.807) is 37.6 Å². The van der Waals surface area contributed by atoms with E-state index in [1.807, 2.05) is 31.2 Å². The van der Waals surface area contributed by atoms with Crippen LogP contribution in [0.25, 0.3) is 10.4 Å². The van der Waals surface area contributed by atoms with Gasteiger partial charge in [-0.05, 0) is 29.9 Å². The van der Waals surface area contributed by atoms with Crippen molar-refractivity contribution in [3.8, 4) is 10.4 Å². The van der Waals surface area contributed by atoms with Gasteiger partial charge in [0.05, 0.1) is 34.0 Å². The summed E-state index contributed by atoms with van der Waals surface area (Å²) in [5.74, 6) is -3.78. The predicted molar refractivity (Wildman–Crippen MR) is 141 cm³/mol. The highest BCUT2D eigenvalue weighted by Gasteiger charge is 2.51. The molecule has 2 aromatic rings. The number of aliphatic hydroxyl groups excluding tert-OH is 1. The van der Waals surface area contributed by atoms with Gasteiger partial charge in [-0.1, -0.05) is 45.0 Å². The van der Waals surface area contributed by atoms with E-state index in [0.717, 1.165) is 21.7 Å². The number of hydrogen-bond donors (Lipinski definition) is 4. The summed E-state index contributed by atoms with van der Waals surface area (Å²) in [6, 6.07) is 5.94. The Hall–Kier alpha value is -3.31. The van der Waals surface area contributed by atoms with E-state index >= 15 is 0 Å². The average molecular weight is 543 g/mol. The van der Waals surface area contributed by atoms with Crippen molar-refractivity contribution in [1.82, 2.24) is 20.5 Å². The second-order valence-corrected chi connectivity index (χ2v) is 12.0. The molecule has 2 heterocycles. The lowest BCUT2D eigenvalue weighted by molar-refractivity contribution is -0.144. The zero-order chi connectivity index (χ0) is 27.8. The first-order chi connectivity index (χ1) is 17.9. The molecule has 0 spiro atoms. The second kappa shape index (κ2) is 10.8. The summed E-state index contributed by atoms with van der Waals surface area (Å²) in [7, 11) is 0. The number of carbonyl (C=O) groups excluding carboxylic acids is 3. The number of nitrogens with zero attached hydrogens (tertiary/aromatic N) is 2. The number of aliphatic hydroxyl groups is 1. The van der Waals surface area contributed by atoms with Crippen LogP contribution in [0.3, 0.4) is 0 Å². The largest absolute Gasteiger partial charge is 0.481 e. The van der Waals surface area contributed by atoms with Crippen LogP contribution in [0.2, 0.25) is 0 Å². The highest BCUT2D eigenvalue weighted by molar-refractivity contribution is 7.13. The number of rotatable bonds is 8. The fraction of sp³-hybridized carbons (Fsp3) is 0.519. The van der Waals surface area contributed by atoms with Crippen LogP contribution in [0.1, 0.15) is 44.9 Å². The fourth-order valence-electron chi connectivity index (χ4n) is 4.79. The number of carboxylic acids is 1. The van der Waals surface area contributed by atoms with Crippen LogP contribution in [-0.2, 0) is 25.7 Å². The Morgan fingerprint density at radius 2 is 1.79 bits per heavy atom. The van der Waals surface area contributed by atoms with Crippen LogP contribution in [0, 0.1) is 24.2 Å². The molecule has 11 heteroatoms. The maximum atomic E-state index is 13.6. The maximum absolute atomic E-state index is 13.6. The van der Waals surface area contributed by atoms with Crippen molar-refractivity contribution in [2.24, 2.45) is 17.3 Å². The minimum atomic E-state index is -1.03. The van der Waals surface area contributed by atoms with E-state index in [2.05, 4.69) is 15.6 Å². The zero-order valence-corrected chi connectivity index (χ0v) is 22.7. The summed E-state index contributed by atoms with van der Waals surface area (Å²) in [6.07, 6.45) is -0.534. The van der Waals surface area contributed by atoms with Crippen molar-refractivity contribution in [1.29, 1.82) is 0 Å². The van der Waals surface area contributed by atoms with Crippen molar-refractivity contribution in [3.63, 3.8) is 0 Å². The van der Waals surface area contributed by atoms with E-state index < -0.39 is 53.2 Å². The van der Waals surface area contributed by atoms with Crippen LogP contribution < -0.4 is 10.6 Å². The molecule has 0 radical (unpaired) electrons. The van der Waals surface area contributed by atoms with Crippen LogP contribution in [0.4, 0.5) is 0 Å². The Kier molecular flexibility index (Phi) is 7.89. The first-order valence-corrected chi connectivity index (χ1v) is 13.5. The minimum absolute atomic E-state index is 0.0244. The Labute approximate surface area is 225 Å². The normalized spacial score (nSPS) is 23.6. The minimum Gasteiger partial charge on any atom is -0.481 e. The summed E-state index contributed by atoms with van der Waals surface area (Å²) in [5.41, 5.74) is 4.00. The highest BCUT2D eigenvalue weighted by atomic mass is 32.1. The third kappa shape index (κ3) is 6.05. The lowest BCUT2D eigenvalue weighted by Gasteiger charge is -2.35. The van der Waals surface area contributed by atoms with Gasteiger partial charge < -0.3 is 25.7 Å². The molecule has 1 aromatic heterocycles. The third-order valence-electron chi connectivity index (χ3n) is 7.14. The van der Waals surface area contributed by atoms with E-state index in [-0.39, 0.29) is 31.8 Å². The van der Waals surface area contributed by atoms with Gasteiger partial charge in [0.1, 0.15) is 12.1 Å². The zero-order valence-electron chi connectivity index (χ0n) is 21.9. The van der Waals surface area contributed by atoms with Gasteiger partial charge in [0, 0.05) is 19.5 Å². The van der Waals surface area contributed by atoms with E-state index in [1.165, 1.54) is 4.90 Å². The molecule has 1 saturated heterocycles. The molecule has 2 unspecified atom stereocenters. The summed E-state index contributed by atoms with van der Waals surface area (Å²) in [6.45, 7) is 7.55. The number of carboxylic acid groups (broad SMARTS) is 1. The summed E-state index contributed by atoms with van der Waals surface area (Å²) >= 11 is 1.57. The highest BCUT2D eigenvalue weighted by Crippen LogP contribution is 2.39. The third-order valence-corrected chi connectivity index (χ3v) is 8.11. The van der Waals surface area contributed by atoms with Crippen LogP contribution in [0.5, 0.6) is 0 Å². The Balaban J connectivity index is 1.41. The quantitative estimate of drug-likeness (QED) is 0.398. The topological polar surface area (TPSA) is 149 Å². The van der Waals surface area contributed by atoms with Crippen LogP contribution >= 0.6 is 11.3 Å². The molecule has 3 amide bonds. The number of nitrogens with one attached hydrogen (secondary N) is 2. The number of thiazole rings is 1. The molecule has 2 aliphatic rings. The van der Waals surface area contributed by atoms with Crippen LogP contribution in [0.15, 0.2) is 29.8 Å². The molecular formula is C27H34N4O6S. The first kappa shape index (κ1) is 27.7. The van der Waals surface area contributed by atoms with Gasteiger partial charge in [-0.3, -0.25) is 19.2 Å². The van der Waals surface area contributed by atoms with Crippen molar-refractivity contribution >= 4 is 35.0 Å². The lowest BCUT2D eigenvalue weighted by atomic mass is 9.85. The molecule has 38 heavy (non-hydrogen) atoms. The smallest absolute Gasteiger partial charge is 0.307 e. The number of hydrogen-bond acceptors (Lipinski definition) is 7. The average Bonchev–Trinajstić information content (AvgIpc) is 3.42. The first-order valence-electron chi connectivity index (χ1n) is 12.7. The number of aromatic nitrogens is 1. The molecule has 10 nitrogen and oxygen atoms in total. The van der Waals surface area contributed by atoms with E-state index in [4.69, 9.17) is 5.11 Å². The number of amides is 3. The standard InChI is InChI=1S/C27H34N4O6S/c1-14-21(38-13-29-14)16-7-5-15(6-8-16)11-28-24(34)20-9-17(32)12-31(20)25(35)22(27(2,3)4)30-23(33)18-10-19(18)26(36)37/h5-8,13,17-20,22,32H,9-12H2,1-4H3,(H,28,34)(H,30,33)(H,36,37)/t17-,18?,19?,20+,22-/m1/s1. The monoisotopic (exact) mass is 542 g/mol. The van der Waals surface area contributed by atoms with Gasteiger partial charge in [-0.2, -0.15) is 0 Å². The van der Waals surface area contributed by atoms with Crippen molar-refractivity contribution in [2.75, 3.05) is 6.54 Å². The molecule has 204 valence electrons. The Morgan fingerprint density at radius 3 is 2.34 bits per heavy atom. The van der Waals surface area contributed by atoms with E-state index in [9.17, 15) is 24.3 Å². The number of carbonyl (C=O) groups is 4. The maximum Gasteiger partial charge on any atom is 0.307 e. The van der Waals surface area contributed by atoms with Gasteiger partial charge in [-0.25, -0.2) is 4.98 Å². The van der Waals surface area contributed by atoms with Gasteiger partial charge in [0.25, 0.3) is 0 Å². The fourth-order valence-corrected chi connectivity index (χ4v) is 5.60. The number of benzene rings is 1. The number of likely N-dealkylation sites (tertiary alicyclic amines) is 1. The molecule has 4 rings (SSSR count). The molecule has 0 bridgehead atoms.